The molecule has 2 heterocycles. The monoisotopic (exact) mass is 293 g/mol. The number of Topliss-reactive ketones (excluding diaryl/α,β-unsaturated/α-hetero) is 1. The van der Waals surface area contributed by atoms with Crippen molar-refractivity contribution in [2.24, 2.45) is 5.92 Å². The van der Waals surface area contributed by atoms with E-state index in [9.17, 15) is 9.59 Å². The highest BCUT2D eigenvalue weighted by molar-refractivity contribution is 5.91. The number of nitrogens with one attached hydrogen (secondary N) is 2. The van der Waals surface area contributed by atoms with Crippen LogP contribution in [0.15, 0.2) is 48.3 Å². The van der Waals surface area contributed by atoms with Crippen LogP contribution in [0.3, 0.4) is 0 Å². The number of amides is 2. The summed E-state index contributed by atoms with van der Waals surface area (Å²) >= 11 is 0. The Kier molecular flexibility index (Phi) is 2.92. The fourth-order valence-electron chi connectivity index (χ4n) is 3.28. The molecule has 0 bridgehead atoms. The molecular weight excluding hydrogens is 278 g/mol. The van der Waals surface area contributed by atoms with Crippen LogP contribution in [0.1, 0.15) is 24.4 Å². The molecule has 0 saturated carbocycles. The molecule has 0 unspecified atom stereocenters. The number of urea groups is 1. The van der Waals surface area contributed by atoms with Crippen LogP contribution in [0.2, 0.25) is 0 Å². The van der Waals surface area contributed by atoms with Crippen LogP contribution >= 0.6 is 0 Å². The summed E-state index contributed by atoms with van der Waals surface area (Å²) < 4.78 is 0. The fraction of sp³-hybridized carbons (Fsp3) is 0.235. The van der Waals surface area contributed by atoms with Gasteiger partial charge in [-0.15, -0.1) is 0 Å². The van der Waals surface area contributed by atoms with E-state index in [-0.39, 0.29) is 23.8 Å². The molecule has 2 aromatic rings. The maximum Gasteiger partial charge on any atom is 0.319 e. The lowest BCUT2D eigenvalue weighted by molar-refractivity contribution is -0.123. The third-order valence-electron chi connectivity index (χ3n) is 4.30. The lowest BCUT2D eigenvalue weighted by Crippen LogP contribution is -2.51. The normalized spacial score (nSPS) is 24.3. The van der Waals surface area contributed by atoms with E-state index >= 15 is 0 Å². The number of nitrogens with zero attached hydrogens (tertiary/aromatic N) is 1. The van der Waals surface area contributed by atoms with Crippen LogP contribution in [0.25, 0.3) is 10.9 Å². The van der Waals surface area contributed by atoms with Gasteiger partial charge in [0, 0.05) is 23.7 Å². The molecular formula is C17H15N3O2. The smallest absolute Gasteiger partial charge is 0.319 e. The number of carbonyl (C=O) groups excluding carboxylic acids is 2. The number of fused-ring (bicyclic) bond motifs is 2. The molecule has 2 amide bonds. The molecule has 22 heavy (non-hydrogen) atoms. The quantitative estimate of drug-likeness (QED) is 0.848. The van der Waals surface area contributed by atoms with Gasteiger partial charge in [0.05, 0.1) is 17.5 Å². The minimum Gasteiger partial charge on any atom is -0.330 e. The average Bonchev–Trinajstić information content (AvgIpc) is 2.53. The minimum atomic E-state index is -0.322. The maximum absolute atomic E-state index is 12.3. The van der Waals surface area contributed by atoms with Gasteiger partial charge in [0.25, 0.3) is 0 Å². The minimum absolute atomic E-state index is 0.168. The zero-order valence-corrected chi connectivity index (χ0v) is 11.9. The van der Waals surface area contributed by atoms with Crippen molar-refractivity contribution >= 4 is 22.7 Å². The molecule has 0 spiro atoms. The van der Waals surface area contributed by atoms with Gasteiger partial charge in [-0.3, -0.25) is 9.78 Å². The molecule has 1 aliphatic carbocycles. The number of hydrogen-bond donors (Lipinski definition) is 2. The second kappa shape index (κ2) is 4.94. The number of rotatable bonds is 1. The lowest BCUT2D eigenvalue weighted by Gasteiger charge is -2.36. The second-order valence-electron chi connectivity index (χ2n) is 5.67. The van der Waals surface area contributed by atoms with Crippen LogP contribution in [0.4, 0.5) is 4.79 Å². The molecule has 2 N–H and O–H groups in total. The van der Waals surface area contributed by atoms with E-state index in [0.29, 0.717) is 12.8 Å². The topological polar surface area (TPSA) is 71.1 Å². The first-order valence-electron chi connectivity index (χ1n) is 7.37. The van der Waals surface area contributed by atoms with Crippen LogP contribution < -0.4 is 10.6 Å². The predicted molar refractivity (Wildman–Crippen MR) is 82.0 cm³/mol. The SMILES string of the molecule is O=C1NC2=CCCC(=O)[C@H]2[C@H](c2ccc3ncccc3c2)N1. The van der Waals surface area contributed by atoms with Gasteiger partial charge in [0.1, 0.15) is 5.78 Å². The summed E-state index contributed by atoms with van der Waals surface area (Å²) in [5, 5.41) is 6.66. The van der Waals surface area contributed by atoms with Gasteiger partial charge in [0.2, 0.25) is 0 Å². The Balaban J connectivity index is 1.80. The first-order valence-corrected chi connectivity index (χ1v) is 7.37. The van der Waals surface area contributed by atoms with Crippen molar-refractivity contribution in [1.82, 2.24) is 15.6 Å². The zero-order valence-electron chi connectivity index (χ0n) is 11.9. The molecule has 1 saturated heterocycles. The average molecular weight is 293 g/mol. The highest BCUT2D eigenvalue weighted by atomic mass is 16.2. The van der Waals surface area contributed by atoms with Crippen LogP contribution in [-0.4, -0.2) is 16.8 Å². The summed E-state index contributed by atoms with van der Waals surface area (Å²) in [5.41, 5.74) is 2.56. The number of aromatic nitrogens is 1. The molecule has 1 aromatic carbocycles. The van der Waals surface area contributed by atoms with Gasteiger partial charge in [-0.1, -0.05) is 18.2 Å². The van der Waals surface area contributed by atoms with Gasteiger partial charge in [-0.2, -0.15) is 0 Å². The number of carbonyl (C=O) groups is 2. The Hall–Kier alpha value is -2.69. The van der Waals surface area contributed by atoms with Gasteiger partial charge in [-0.05, 0) is 30.2 Å². The summed E-state index contributed by atoms with van der Waals surface area (Å²) in [4.78, 5) is 28.5. The Morgan fingerprint density at radius 1 is 1.18 bits per heavy atom. The number of benzene rings is 1. The summed E-state index contributed by atoms with van der Waals surface area (Å²) in [6.07, 6.45) is 4.93. The van der Waals surface area contributed by atoms with E-state index in [2.05, 4.69) is 15.6 Å². The van der Waals surface area contributed by atoms with E-state index in [1.54, 1.807) is 6.20 Å². The van der Waals surface area contributed by atoms with Crippen LogP contribution in [0.5, 0.6) is 0 Å². The highest BCUT2D eigenvalue weighted by Gasteiger charge is 2.39. The van der Waals surface area contributed by atoms with E-state index in [4.69, 9.17) is 0 Å². The maximum atomic E-state index is 12.3. The first-order chi connectivity index (χ1) is 10.7. The summed E-state index contributed by atoms with van der Waals surface area (Å²) in [6, 6.07) is 9.14. The molecule has 1 aromatic heterocycles. The molecule has 0 radical (unpaired) electrons. The van der Waals surface area contributed by atoms with E-state index in [1.165, 1.54) is 0 Å². The third kappa shape index (κ3) is 2.06. The molecule has 110 valence electrons. The molecule has 4 rings (SSSR count). The number of ketones is 1. The Bertz CT molecular complexity index is 812. The largest absolute Gasteiger partial charge is 0.330 e. The Labute approximate surface area is 127 Å². The van der Waals surface area contributed by atoms with E-state index in [0.717, 1.165) is 22.2 Å². The summed E-state index contributed by atoms with van der Waals surface area (Å²) in [5.74, 6) is -0.151. The van der Waals surface area contributed by atoms with Gasteiger partial charge >= 0.3 is 6.03 Å². The van der Waals surface area contributed by atoms with Crippen molar-refractivity contribution in [3.05, 3.63) is 53.9 Å². The van der Waals surface area contributed by atoms with Crippen molar-refractivity contribution in [2.75, 3.05) is 0 Å². The van der Waals surface area contributed by atoms with Crippen molar-refractivity contribution < 1.29 is 9.59 Å². The Morgan fingerprint density at radius 3 is 3.00 bits per heavy atom. The third-order valence-corrected chi connectivity index (χ3v) is 4.30. The lowest BCUT2D eigenvalue weighted by atomic mass is 9.80. The Morgan fingerprint density at radius 2 is 2.09 bits per heavy atom. The highest BCUT2D eigenvalue weighted by Crippen LogP contribution is 2.35. The van der Waals surface area contributed by atoms with E-state index in [1.807, 2.05) is 36.4 Å². The summed E-state index contributed by atoms with van der Waals surface area (Å²) in [7, 11) is 0. The second-order valence-corrected chi connectivity index (χ2v) is 5.67. The van der Waals surface area contributed by atoms with Gasteiger partial charge < -0.3 is 10.6 Å². The van der Waals surface area contributed by atoms with Crippen LogP contribution in [0, 0.1) is 5.92 Å². The van der Waals surface area contributed by atoms with Gasteiger partial charge in [0.15, 0.2) is 0 Å². The van der Waals surface area contributed by atoms with Crippen molar-refractivity contribution in [3.8, 4) is 0 Å². The molecule has 2 atom stereocenters. The summed E-state index contributed by atoms with van der Waals surface area (Å²) in [6.45, 7) is 0. The standard InChI is InChI=1S/C17H15N3O2/c21-14-5-1-4-13-15(14)16(20-17(22)19-13)11-6-7-12-10(9-11)3-2-8-18-12/h2-4,6-9,15-16H,1,5H2,(H2,19,20,22)/t15-,16-/m0/s1. The zero-order chi connectivity index (χ0) is 15.1. The molecule has 1 aliphatic heterocycles. The molecule has 2 aliphatic rings. The number of pyridine rings is 1. The van der Waals surface area contributed by atoms with Crippen LogP contribution in [-0.2, 0) is 4.79 Å². The molecule has 5 heteroatoms. The molecule has 1 fully saturated rings. The number of hydrogen-bond acceptors (Lipinski definition) is 3. The fourth-order valence-corrected chi connectivity index (χ4v) is 3.28. The van der Waals surface area contributed by atoms with Crippen molar-refractivity contribution in [2.45, 2.75) is 18.9 Å². The number of allylic oxidation sites excluding steroid dienone is 1. The molecule has 5 nitrogen and oxygen atoms in total. The predicted octanol–water partition coefficient (Wildman–Crippen LogP) is 2.45. The van der Waals surface area contributed by atoms with Crippen molar-refractivity contribution in [1.29, 1.82) is 0 Å². The van der Waals surface area contributed by atoms with Crippen molar-refractivity contribution in [3.63, 3.8) is 0 Å². The first kappa shape index (κ1) is 13.0. The van der Waals surface area contributed by atoms with E-state index < -0.39 is 0 Å². The van der Waals surface area contributed by atoms with Gasteiger partial charge in [-0.25, -0.2) is 4.79 Å².